The Balaban J connectivity index is 2.40. The van der Waals surface area contributed by atoms with E-state index in [1.807, 2.05) is 18.2 Å². The van der Waals surface area contributed by atoms with Gasteiger partial charge in [0.05, 0.1) is 10.7 Å². The quantitative estimate of drug-likeness (QED) is 0.591. The number of nitro groups is 1. The fourth-order valence-electron chi connectivity index (χ4n) is 1.60. The first-order valence-corrected chi connectivity index (χ1v) is 6.49. The number of sulfone groups is 1. The lowest BCUT2D eigenvalue weighted by molar-refractivity contribution is -0.411. The summed E-state index contributed by atoms with van der Waals surface area (Å²) >= 11 is 0. The van der Waals surface area contributed by atoms with Crippen molar-refractivity contribution in [2.45, 2.75) is 0 Å². The van der Waals surface area contributed by atoms with Gasteiger partial charge in [0.25, 0.3) is 0 Å². The fourth-order valence-corrected chi connectivity index (χ4v) is 2.91. The van der Waals surface area contributed by atoms with Gasteiger partial charge in [-0.15, -0.1) is 0 Å². The highest BCUT2D eigenvalue weighted by molar-refractivity contribution is 7.95. The van der Waals surface area contributed by atoms with E-state index in [2.05, 4.69) is 0 Å². The summed E-state index contributed by atoms with van der Waals surface area (Å²) in [4.78, 5) is 9.69. The smallest absolute Gasteiger partial charge is 0.258 e. The topological polar surface area (TPSA) is 77.3 Å². The summed E-state index contributed by atoms with van der Waals surface area (Å²) in [6.07, 6.45) is 2.75. The van der Waals surface area contributed by atoms with Crippen molar-refractivity contribution in [3.63, 3.8) is 0 Å². The molecule has 0 radical (unpaired) electrons. The molecule has 1 aromatic carbocycles. The van der Waals surface area contributed by atoms with Crippen LogP contribution in [-0.4, -0.2) is 19.1 Å². The lowest BCUT2D eigenvalue weighted by Crippen LogP contribution is -2.09. The third-order valence-corrected chi connectivity index (χ3v) is 3.93. The molecule has 1 heterocycles. The van der Waals surface area contributed by atoms with Crippen molar-refractivity contribution in [2.24, 2.45) is 0 Å². The first-order chi connectivity index (χ1) is 7.99. The van der Waals surface area contributed by atoms with E-state index in [-0.39, 0.29) is 5.75 Å². The number of allylic oxidation sites excluding steroid dienone is 1. The molecule has 0 aromatic heterocycles. The molecule has 17 heavy (non-hydrogen) atoms. The summed E-state index contributed by atoms with van der Waals surface area (Å²) < 4.78 is 22.9. The van der Waals surface area contributed by atoms with E-state index in [1.165, 1.54) is 0 Å². The predicted octanol–water partition coefficient (Wildman–Crippen LogP) is 1.62. The lowest BCUT2D eigenvalue weighted by atomic mass is 10.1. The molecule has 0 fully saturated rings. The molecule has 5 nitrogen and oxygen atoms in total. The maximum atomic E-state index is 11.5. The Morgan fingerprint density at radius 2 is 1.88 bits per heavy atom. The summed E-state index contributed by atoms with van der Waals surface area (Å²) in [7, 11) is -3.76. The van der Waals surface area contributed by atoms with Crippen LogP contribution in [0.3, 0.4) is 0 Å². The predicted molar refractivity (Wildman–Crippen MR) is 63.3 cm³/mol. The van der Waals surface area contributed by atoms with Crippen molar-refractivity contribution >= 4 is 15.9 Å². The molecule has 0 atom stereocenters. The molecule has 0 spiro atoms. The minimum atomic E-state index is -3.76. The van der Waals surface area contributed by atoms with Gasteiger partial charge in [-0.25, -0.2) is 8.42 Å². The van der Waals surface area contributed by atoms with Crippen LogP contribution in [0.15, 0.2) is 47.0 Å². The van der Waals surface area contributed by atoms with Crippen LogP contribution in [0.25, 0.3) is 6.08 Å². The van der Waals surface area contributed by atoms with Crippen LogP contribution in [0.4, 0.5) is 0 Å². The minimum absolute atomic E-state index is 0.307. The van der Waals surface area contributed by atoms with Crippen LogP contribution in [0.2, 0.25) is 0 Å². The van der Waals surface area contributed by atoms with Gasteiger partial charge >= 0.3 is 5.03 Å². The zero-order valence-electron chi connectivity index (χ0n) is 8.74. The van der Waals surface area contributed by atoms with Gasteiger partial charge in [0, 0.05) is 6.08 Å². The third kappa shape index (κ3) is 2.42. The van der Waals surface area contributed by atoms with Gasteiger partial charge in [0.15, 0.2) is 0 Å². The SMILES string of the molecule is O=[N+]([O-])C1=CC(=Cc2ccccc2)CS1(=O)=O. The Hall–Kier alpha value is -1.95. The van der Waals surface area contributed by atoms with Gasteiger partial charge in [0.2, 0.25) is 9.84 Å². The molecule has 88 valence electrons. The maximum Gasteiger partial charge on any atom is 0.359 e. The number of hydrogen-bond acceptors (Lipinski definition) is 4. The van der Waals surface area contributed by atoms with E-state index >= 15 is 0 Å². The van der Waals surface area contributed by atoms with Crippen LogP contribution < -0.4 is 0 Å². The average molecular weight is 251 g/mol. The van der Waals surface area contributed by atoms with E-state index in [4.69, 9.17) is 0 Å². The normalized spacial score (nSPS) is 20.2. The minimum Gasteiger partial charge on any atom is -0.258 e. The van der Waals surface area contributed by atoms with Crippen LogP contribution in [0.5, 0.6) is 0 Å². The molecular formula is C11H9NO4S. The van der Waals surface area contributed by atoms with Crippen molar-refractivity contribution in [2.75, 3.05) is 5.75 Å². The first-order valence-electron chi connectivity index (χ1n) is 4.83. The molecule has 0 saturated carbocycles. The second kappa shape index (κ2) is 4.14. The molecule has 0 bridgehead atoms. The molecule has 1 aliphatic rings. The molecule has 0 N–H and O–H groups in total. The van der Waals surface area contributed by atoms with E-state index < -0.39 is 19.8 Å². The highest BCUT2D eigenvalue weighted by Crippen LogP contribution is 2.24. The Kier molecular flexibility index (Phi) is 2.81. The molecular weight excluding hydrogens is 242 g/mol. The average Bonchev–Trinajstić information content (AvgIpc) is 2.55. The summed E-state index contributed by atoms with van der Waals surface area (Å²) in [5.41, 5.74) is 1.25. The van der Waals surface area contributed by atoms with E-state index in [1.54, 1.807) is 18.2 Å². The number of benzene rings is 1. The Morgan fingerprint density at radius 3 is 2.41 bits per heavy atom. The Labute approximate surface area is 98.1 Å². The summed E-state index contributed by atoms with van der Waals surface area (Å²) in [6.45, 7) is 0. The monoisotopic (exact) mass is 251 g/mol. The molecule has 2 rings (SSSR count). The standard InChI is InChI=1S/C11H9NO4S/c13-12(14)11-7-10(8-17(11,15)16)6-9-4-2-1-3-5-9/h1-7H,8H2. The van der Waals surface area contributed by atoms with Crippen molar-refractivity contribution < 1.29 is 13.3 Å². The van der Waals surface area contributed by atoms with E-state index in [0.717, 1.165) is 11.6 Å². The summed E-state index contributed by atoms with van der Waals surface area (Å²) in [5, 5.41) is 9.82. The van der Waals surface area contributed by atoms with Crippen molar-refractivity contribution in [1.29, 1.82) is 0 Å². The van der Waals surface area contributed by atoms with E-state index in [0.29, 0.717) is 5.57 Å². The molecule has 0 amide bonds. The molecule has 1 aromatic rings. The first kappa shape index (κ1) is 11.5. The lowest BCUT2D eigenvalue weighted by Gasteiger charge is -1.93. The van der Waals surface area contributed by atoms with Crippen molar-refractivity contribution in [3.05, 3.63) is 62.7 Å². The molecule has 0 aliphatic carbocycles. The van der Waals surface area contributed by atoms with Crippen molar-refractivity contribution in [1.82, 2.24) is 0 Å². The highest BCUT2D eigenvalue weighted by Gasteiger charge is 2.36. The van der Waals surface area contributed by atoms with Crippen LogP contribution in [0, 0.1) is 10.1 Å². The van der Waals surface area contributed by atoms with Crippen LogP contribution >= 0.6 is 0 Å². The summed E-state index contributed by atoms with van der Waals surface area (Å²) in [6, 6.07) is 9.07. The molecule has 6 heteroatoms. The van der Waals surface area contributed by atoms with Gasteiger partial charge in [-0.2, -0.15) is 0 Å². The van der Waals surface area contributed by atoms with Gasteiger partial charge in [-0.3, -0.25) is 10.1 Å². The van der Waals surface area contributed by atoms with Crippen LogP contribution in [-0.2, 0) is 9.84 Å². The zero-order chi connectivity index (χ0) is 12.5. The van der Waals surface area contributed by atoms with Crippen LogP contribution in [0.1, 0.15) is 5.56 Å². The fraction of sp³-hybridized carbons (Fsp3) is 0.0909. The van der Waals surface area contributed by atoms with Gasteiger partial charge in [0.1, 0.15) is 0 Å². The van der Waals surface area contributed by atoms with Gasteiger partial charge in [-0.05, 0) is 11.1 Å². The largest absolute Gasteiger partial charge is 0.359 e. The second-order valence-corrected chi connectivity index (χ2v) is 5.57. The number of hydrogen-bond donors (Lipinski definition) is 0. The number of rotatable bonds is 2. The third-order valence-electron chi connectivity index (χ3n) is 2.32. The zero-order valence-corrected chi connectivity index (χ0v) is 9.55. The molecule has 0 unspecified atom stereocenters. The van der Waals surface area contributed by atoms with E-state index in [9.17, 15) is 18.5 Å². The van der Waals surface area contributed by atoms with Gasteiger partial charge in [-0.1, -0.05) is 36.4 Å². The second-order valence-electron chi connectivity index (χ2n) is 3.63. The molecule has 0 saturated heterocycles. The molecule has 1 aliphatic heterocycles. The maximum absolute atomic E-state index is 11.5. The van der Waals surface area contributed by atoms with Crippen molar-refractivity contribution in [3.8, 4) is 0 Å². The van der Waals surface area contributed by atoms with Gasteiger partial charge < -0.3 is 0 Å². The summed E-state index contributed by atoms with van der Waals surface area (Å²) in [5.74, 6) is -0.307. The Bertz CT molecular complexity index is 614. The highest BCUT2D eigenvalue weighted by atomic mass is 32.2. The number of nitrogens with zero attached hydrogens (tertiary/aromatic N) is 1. The Morgan fingerprint density at radius 1 is 1.24 bits per heavy atom.